The number of rotatable bonds is 9. The number of sulfonamides is 1. The molecular formula is C19H24N2O4S2. The third-order valence-corrected chi connectivity index (χ3v) is 6.48. The number of amides is 1. The van der Waals surface area contributed by atoms with Crippen LogP contribution in [0.15, 0.2) is 47.4 Å². The van der Waals surface area contributed by atoms with Crippen LogP contribution in [0.2, 0.25) is 0 Å². The summed E-state index contributed by atoms with van der Waals surface area (Å²) in [5.74, 6) is 1.39. The summed E-state index contributed by atoms with van der Waals surface area (Å²) in [6, 6.07) is 12.4. The Labute approximate surface area is 164 Å². The summed E-state index contributed by atoms with van der Waals surface area (Å²) in [4.78, 5) is 12.0. The molecule has 0 heterocycles. The van der Waals surface area contributed by atoms with Crippen molar-refractivity contribution < 1.29 is 17.9 Å². The van der Waals surface area contributed by atoms with Gasteiger partial charge in [-0.2, -0.15) is 11.8 Å². The fraction of sp³-hybridized carbons (Fsp3) is 0.316. The molecule has 0 saturated carbocycles. The van der Waals surface area contributed by atoms with E-state index in [1.165, 1.54) is 43.5 Å². The standard InChI is InChI=1S/C19H24N2O4S2/c1-14-6-4-5-7-15(14)13-26-11-10-21-27(23,24)16-8-9-18(25-3)17(12-16)19(22)20-2/h4-9,12,21H,10-11,13H2,1-3H3,(H,20,22). The van der Waals surface area contributed by atoms with Crippen molar-refractivity contribution in [3.63, 3.8) is 0 Å². The highest BCUT2D eigenvalue weighted by Gasteiger charge is 2.19. The van der Waals surface area contributed by atoms with Gasteiger partial charge in [-0.15, -0.1) is 0 Å². The summed E-state index contributed by atoms with van der Waals surface area (Å²) >= 11 is 1.66. The summed E-state index contributed by atoms with van der Waals surface area (Å²) in [5.41, 5.74) is 2.65. The van der Waals surface area contributed by atoms with Gasteiger partial charge in [0.05, 0.1) is 17.6 Å². The molecule has 0 spiro atoms. The van der Waals surface area contributed by atoms with Gasteiger partial charge in [0, 0.05) is 25.1 Å². The number of aryl methyl sites for hydroxylation is 1. The van der Waals surface area contributed by atoms with E-state index in [4.69, 9.17) is 4.74 Å². The summed E-state index contributed by atoms with van der Waals surface area (Å²) in [5, 5.41) is 2.48. The van der Waals surface area contributed by atoms with Crippen LogP contribution in [0.3, 0.4) is 0 Å². The molecular weight excluding hydrogens is 384 g/mol. The number of carbonyl (C=O) groups excluding carboxylic acids is 1. The normalized spacial score (nSPS) is 11.2. The Hall–Kier alpha value is -2.03. The molecule has 2 rings (SSSR count). The molecule has 146 valence electrons. The molecule has 2 aromatic rings. The maximum atomic E-state index is 12.5. The summed E-state index contributed by atoms with van der Waals surface area (Å²) in [6.07, 6.45) is 0. The van der Waals surface area contributed by atoms with Crippen molar-refractivity contribution >= 4 is 27.7 Å². The second-order valence-corrected chi connectivity index (χ2v) is 8.69. The van der Waals surface area contributed by atoms with E-state index < -0.39 is 15.9 Å². The van der Waals surface area contributed by atoms with Crippen LogP contribution >= 0.6 is 11.8 Å². The van der Waals surface area contributed by atoms with Gasteiger partial charge in [-0.05, 0) is 36.2 Å². The molecule has 2 N–H and O–H groups in total. The van der Waals surface area contributed by atoms with Crippen molar-refractivity contribution in [1.82, 2.24) is 10.0 Å². The minimum atomic E-state index is -3.70. The van der Waals surface area contributed by atoms with Gasteiger partial charge in [-0.25, -0.2) is 13.1 Å². The van der Waals surface area contributed by atoms with Gasteiger partial charge < -0.3 is 10.1 Å². The van der Waals surface area contributed by atoms with Gasteiger partial charge >= 0.3 is 0 Å². The fourth-order valence-corrected chi connectivity index (χ4v) is 4.57. The van der Waals surface area contributed by atoms with Gasteiger partial charge in [0.2, 0.25) is 10.0 Å². The Morgan fingerprint density at radius 3 is 2.59 bits per heavy atom. The molecule has 8 heteroatoms. The molecule has 0 radical (unpaired) electrons. The molecule has 0 fully saturated rings. The molecule has 0 aliphatic carbocycles. The fourth-order valence-electron chi connectivity index (χ4n) is 2.45. The van der Waals surface area contributed by atoms with E-state index in [9.17, 15) is 13.2 Å². The largest absolute Gasteiger partial charge is 0.496 e. The number of methoxy groups -OCH3 is 1. The van der Waals surface area contributed by atoms with Crippen molar-refractivity contribution in [2.24, 2.45) is 0 Å². The first-order chi connectivity index (χ1) is 12.9. The van der Waals surface area contributed by atoms with Crippen LogP contribution in [0.1, 0.15) is 21.5 Å². The molecule has 27 heavy (non-hydrogen) atoms. The first-order valence-electron chi connectivity index (χ1n) is 8.41. The van der Waals surface area contributed by atoms with E-state index in [1.807, 2.05) is 12.1 Å². The zero-order valence-electron chi connectivity index (χ0n) is 15.6. The van der Waals surface area contributed by atoms with E-state index in [0.717, 1.165) is 5.75 Å². The number of carbonyl (C=O) groups is 1. The van der Waals surface area contributed by atoms with E-state index in [1.54, 1.807) is 11.8 Å². The van der Waals surface area contributed by atoms with Crippen molar-refractivity contribution in [2.45, 2.75) is 17.6 Å². The number of nitrogens with one attached hydrogen (secondary N) is 2. The third kappa shape index (κ3) is 5.72. The lowest BCUT2D eigenvalue weighted by Gasteiger charge is -2.11. The maximum Gasteiger partial charge on any atom is 0.254 e. The predicted octanol–water partition coefficient (Wildman–Crippen LogP) is 2.57. The molecule has 0 aliphatic heterocycles. The smallest absolute Gasteiger partial charge is 0.254 e. The van der Waals surface area contributed by atoms with Crippen molar-refractivity contribution in [3.8, 4) is 5.75 Å². The molecule has 0 aromatic heterocycles. The Morgan fingerprint density at radius 1 is 1.19 bits per heavy atom. The number of ether oxygens (including phenoxy) is 1. The van der Waals surface area contributed by atoms with E-state index in [-0.39, 0.29) is 10.5 Å². The van der Waals surface area contributed by atoms with Crippen LogP contribution < -0.4 is 14.8 Å². The Bertz CT molecular complexity index is 898. The highest BCUT2D eigenvalue weighted by molar-refractivity contribution is 7.98. The third-order valence-electron chi connectivity index (χ3n) is 4.01. The molecule has 0 saturated heterocycles. The minimum absolute atomic E-state index is 0.0332. The zero-order valence-corrected chi connectivity index (χ0v) is 17.2. The first-order valence-corrected chi connectivity index (χ1v) is 11.0. The van der Waals surface area contributed by atoms with E-state index in [2.05, 4.69) is 29.1 Å². The Balaban J connectivity index is 1.96. The summed E-state index contributed by atoms with van der Waals surface area (Å²) in [7, 11) is -0.792. The van der Waals surface area contributed by atoms with Gasteiger partial charge in [0.1, 0.15) is 5.75 Å². The minimum Gasteiger partial charge on any atom is -0.496 e. The van der Waals surface area contributed by atoms with E-state index in [0.29, 0.717) is 18.0 Å². The topological polar surface area (TPSA) is 84.5 Å². The number of hydrogen-bond donors (Lipinski definition) is 2. The molecule has 0 atom stereocenters. The molecule has 0 bridgehead atoms. The summed E-state index contributed by atoms with van der Waals surface area (Å²) in [6.45, 7) is 2.37. The van der Waals surface area contributed by atoms with Crippen LogP contribution in [0, 0.1) is 6.92 Å². The maximum absolute atomic E-state index is 12.5. The summed E-state index contributed by atoms with van der Waals surface area (Å²) < 4.78 is 32.7. The highest BCUT2D eigenvalue weighted by atomic mass is 32.2. The number of benzene rings is 2. The van der Waals surface area contributed by atoms with Crippen molar-refractivity contribution in [2.75, 3.05) is 26.5 Å². The molecule has 0 unspecified atom stereocenters. The number of hydrogen-bond acceptors (Lipinski definition) is 5. The van der Waals surface area contributed by atoms with Gasteiger partial charge in [-0.1, -0.05) is 24.3 Å². The molecule has 2 aromatic carbocycles. The molecule has 6 nitrogen and oxygen atoms in total. The van der Waals surface area contributed by atoms with Crippen LogP contribution in [0.5, 0.6) is 5.75 Å². The average Bonchev–Trinajstić information content (AvgIpc) is 2.67. The first kappa shape index (κ1) is 21.3. The molecule has 0 aliphatic rings. The van der Waals surface area contributed by atoms with Crippen molar-refractivity contribution in [1.29, 1.82) is 0 Å². The van der Waals surface area contributed by atoms with Gasteiger partial charge in [0.15, 0.2) is 0 Å². The lowest BCUT2D eigenvalue weighted by Crippen LogP contribution is -2.27. The second kappa shape index (κ2) is 9.77. The SMILES string of the molecule is CNC(=O)c1cc(S(=O)(=O)NCCSCc2ccccc2C)ccc1OC. The van der Waals surface area contributed by atoms with Crippen molar-refractivity contribution in [3.05, 3.63) is 59.2 Å². The average molecular weight is 409 g/mol. The lowest BCUT2D eigenvalue weighted by atomic mass is 10.1. The highest BCUT2D eigenvalue weighted by Crippen LogP contribution is 2.22. The lowest BCUT2D eigenvalue weighted by molar-refractivity contribution is 0.0960. The molecule has 1 amide bonds. The van der Waals surface area contributed by atoms with Crippen LogP contribution in [0.4, 0.5) is 0 Å². The monoisotopic (exact) mass is 408 g/mol. The van der Waals surface area contributed by atoms with Gasteiger partial charge in [-0.3, -0.25) is 4.79 Å². The zero-order chi connectivity index (χ0) is 19.9. The van der Waals surface area contributed by atoms with E-state index >= 15 is 0 Å². The quantitative estimate of drug-likeness (QED) is 0.623. The number of thioether (sulfide) groups is 1. The van der Waals surface area contributed by atoms with Crippen LogP contribution in [-0.2, 0) is 15.8 Å². The Morgan fingerprint density at radius 2 is 1.93 bits per heavy atom. The Kier molecular flexibility index (Phi) is 7.70. The van der Waals surface area contributed by atoms with Crippen LogP contribution in [0.25, 0.3) is 0 Å². The van der Waals surface area contributed by atoms with Gasteiger partial charge in [0.25, 0.3) is 5.91 Å². The second-order valence-electron chi connectivity index (χ2n) is 5.82. The predicted molar refractivity (Wildman–Crippen MR) is 109 cm³/mol. The van der Waals surface area contributed by atoms with Crippen LogP contribution in [-0.4, -0.2) is 40.8 Å².